The highest BCUT2D eigenvalue weighted by Crippen LogP contribution is 2.37. The van der Waals surface area contributed by atoms with E-state index in [1.807, 2.05) is 0 Å². The summed E-state index contributed by atoms with van der Waals surface area (Å²) in [6.45, 7) is 1.10. The number of rotatable bonds is 6. The topological polar surface area (TPSA) is 76.6 Å². The highest BCUT2D eigenvalue weighted by Gasteiger charge is 2.24. The number of ether oxygens (including phenoxy) is 2. The smallest absolute Gasteiger partial charge is 0.247 e. The molecule has 2 heterocycles. The van der Waals surface area contributed by atoms with Crippen molar-refractivity contribution in [3.63, 3.8) is 0 Å². The van der Waals surface area contributed by atoms with Crippen molar-refractivity contribution in [2.24, 2.45) is 0 Å². The number of halogens is 4. The number of nitrogens with zero attached hydrogens (tertiary/aromatic N) is 3. The molecule has 1 fully saturated rings. The van der Waals surface area contributed by atoms with Crippen molar-refractivity contribution in [1.29, 1.82) is 0 Å². The van der Waals surface area contributed by atoms with Crippen LogP contribution in [0.4, 0.5) is 15.9 Å². The Labute approximate surface area is 210 Å². The molecule has 11 heteroatoms. The van der Waals surface area contributed by atoms with Gasteiger partial charge in [-0.3, -0.25) is 4.79 Å². The van der Waals surface area contributed by atoms with Crippen LogP contribution in [0.1, 0.15) is 12.8 Å². The molecule has 1 N–H and O–H groups in total. The lowest BCUT2D eigenvalue weighted by Gasteiger charge is -2.31. The number of fused-ring (bicyclic) bond motifs is 1. The maximum absolute atomic E-state index is 14.6. The first-order valence-electron chi connectivity index (χ1n) is 10.4. The molecule has 1 aliphatic heterocycles. The van der Waals surface area contributed by atoms with Gasteiger partial charge in [0.25, 0.3) is 0 Å². The number of benzene rings is 2. The Morgan fingerprint density at radius 3 is 2.68 bits per heavy atom. The number of hydrogen-bond acceptors (Lipinski definition) is 6. The quantitative estimate of drug-likeness (QED) is 0.317. The third kappa shape index (κ3) is 5.14. The Kier molecular flexibility index (Phi) is 7.60. The Morgan fingerprint density at radius 1 is 1.21 bits per heavy atom. The van der Waals surface area contributed by atoms with Crippen LogP contribution in [0.3, 0.4) is 0 Å². The molecule has 3 aromatic rings. The summed E-state index contributed by atoms with van der Waals surface area (Å²) in [5, 5.41) is 3.49. The number of carbonyl (C=O) groups excluding carboxylic acids is 1. The molecule has 0 bridgehead atoms. The summed E-state index contributed by atoms with van der Waals surface area (Å²) in [4.78, 5) is 22.3. The molecule has 0 aliphatic carbocycles. The van der Waals surface area contributed by atoms with E-state index in [9.17, 15) is 9.18 Å². The molecule has 0 unspecified atom stereocenters. The second kappa shape index (κ2) is 10.6. The monoisotopic (exact) mass is 524 g/mol. The summed E-state index contributed by atoms with van der Waals surface area (Å²) in [6, 6.07) is 6.45. The molecule has 4 rings (SSSR count). The third-order valence-electron chi connectivity index (χ3n) is 5.46. The molecule has 2 aromatic carbocycles. The summed E-state index contributed by atoms with van der Waals surface area (Å²) in [5.41, 5.74) is 1.91. The second-order valence-corrected chi connectivity index (χ2v) is 8.56. The number of anilines is 2. The lowest BCUT2D eigenvalue weighted by Crippen LogP contribution is -2.41. The van der Waals surface area contributed by atoms with Crippen LogP contribution in [-0.4, -0.2) is 47.1 Å². The zero-order valence-corrected chi connectivity index (χ0v) is 20.3. The van der Waals surface area contributed by atoms with E-state index in [0.29, 0.717) is 54.2 Å². The predicted octanol–water partition coefficient (Wildman–Crippen LogP) is 5.95. The second-order valence-electron chi connectivity index (χ2n) is 7.53. The number of carbonyl (C=O) groups is 1. The number of amides is 1. The molecule has 1 amide bonds. The summed E-state index contributed by atoms with van der Waals surface area (Å²) in [5.74, 6) is 0.549. The van der Waals surface area contributed by atoms with Crippen molar-refractivity contribution in [3.8, 4) is 11.5 Å². The van der Waals surface area contributed by atoms with Gasteiger partial charge in [-0.05, 0) is 18.2 Å². The van der Waals surface area contributed by atoms with Gasteiger partial charge in [-0.25, -0.2) is 14.4 Å². The van der Waals surface area contributed by atoms with E-state index < -0.39 is 5.82 Å². The molecule has 0 spiro atoms. The zero-order chi connectivity index (χ0) is 24.2. The summed E-state index contributed by atoms with van der Waals surface area (Å²) < 4.78 is 26.3. The minimum Gasteiger partial charge on any atom is -0.493 e. The van der Waals surface area contributed by atoms with Gasteiger partial charge in [0, 0.05) is 49.0 Å². The van der Waals surface area contributed by atoms with E-state index in [-0.39, 0.29) is 27.7 Å². The number of likely N-dealkylation sites (tertiary alicyclic amines) is 1. The number of methoxy groups -OCH3 is 1. The molecule has 1 aliphatic rings. The Balaban J connectivity index is 1.60. The first-order valence-corrected chi connectivity index (χ1v) is 11.6. The van der Waals surface area contributed by atoms with Gasteiger partial charge in [0.2, 0.25) is 5.91 Å². The SMILES string of the molecule is COc1cc2ncnc(Nc3ccc(Cl)c(Cl)c3F)c2cc1OC1CCN(C(=O)/C=C\Cl)CC1. The lowest BCUT2D eigenvalue weighted by atomic mass is 10.1. The van der Waals surface area contributed by atoms with Gasteiger partial charge in [0.05, 0.1) is 28.4 Å². The van der Waals surface area contributed by atoms with Crippen LogP contribution in [0.2, 0.25) is 10.0 Å². The van der Waals surface area contributed by atoms with Gasteiger partial charge in [-0.1, -0.05) is 34.8 Å². The molecular weight excluding hydrogens is 506 g/mol. The third-order valence-corrected chi connectivity index (χ3v) is 6.37. The first-order chi connectivity index (χ1) is 16.4. The highest BCUT2D eigenvalue weighted by atomic mass is 35.5. The number of hydrogen-bond donors (Lipinski definition) is 1. The van der Waals surface area contributed by atoms with Crippen LogP contribution in [0.5, 0.6) is 11.5 Å². The van der Waals surface area contributed by atoms with Gasteiger partial charge in [0.1, 0.15) is 18.2 Å². The molecular formula is C23H20Cl3FN4O3. The normalized spacial score (nSPS) is 14.6. The number of aromatic nitrogens is 2. The van der Waals surface area contributed by atoms with Crippen LogP contribution >= 0.6 is 34.8 Å². The van der Waals surface area contributed by atoms with E-state index in [2.05, 4.69) is 15.3 Å². The van der Waals surface area contributed by atoms with Crippen LogP contribution in [-0.2, 0) is 4.79 Å². The van der Waals surface area contributed by atoms with Crippen molar-refractivity contribution in [2.75, 3.05) is 25.5 Å². The Hall–Kier alpha value is -2.81. The average molecular weight is 526 g/mol. The fourth-order valence-electron chi connectivity index (χ4n) is 3.70. The van der Waals surface area contributed by atoms with Gasteiger partial charge in [-0.2, -0.15) is 0 Å². The van der Waals surface area contributed by atoms with Crippen molar-refractivity contribution < 1.29 is 18.7 Å². The fraction of sp³-hybridized carbons (Fsp3) is 0.261. The molecule has 0 radical (unpaired) electrons. The van der Waals surface area contributed by atoms with Crippen LogP contribution in [0.15, 0.2) is 42.2 Å². The van der Waals surface area contributed by atoms with Crippen LogP contribution in [0.25, 0.3) is 10.9 Å². The Morgan fingerprint density at radius 2 is 1.97 bits per heavy atom. The van der Waals surface area contributed by atoms with E-state index in [4.69, 9.17) is 44.3 Å². The van der Waals surface area contributed by atoms with Gasteiger partial charge in [0.15, 0.2) is 17.3 Å². The minimum absolute atomic E-state index is 0.115. The van der Waals surface area contributed by atoms with Crippen molar-refractivity contribution in [1.82, 2.24) is 14.9 Å². The summed E-state index contributed by atoms with van der Waals surface area (Å²) in [6.07, 6.45) is 3.87. The minimum atomic E-state index is -0.684. The van der Waals surface area contributed by atoms with Crippen molar-refractivity contribution in [2.45, 2.75) is 18.9 Å². The maximum Gasteiger partial charge on any atom is 0.247 e. The van der Waals surface area contributed by atoms with Crippen LogP contribution < -0.4 is 14.8 Å². The average Bonchev–Trinajstić information content (AvgIpc) is 2.85. The molecule has 1 saturated heterocycles. The van der Waals surface area contributed by atoms with Crippen LogP contribution in [0, 0.1) is 5.82 Å². The lowest BCUT2D eigenvalue weighted by molar-refractivity contribution is -0.127. The van der Waals surface area contributed by atoms with E-state index in [1.54, 1.807) is 24.1 Å². The molecule has 7 nitrogen and oxygen atoms in total. The molecule has 0 atom stereocenters. The molecule has 1 aromatic heterocycles. The zero-order valence-electron chi connectivity index (χ0n) is 18.0. The molecule has 178 valence electrons. The summed E-state index contributed by atoms with van der Waals surface area (Å²) >= 11 is 17.3. The maximum atomic E-state index is 14.6. The Bertz CT molecular complexity index is 1250. The number of piperidine rings is 1. The van der Waals surface area contributed by atoms with E-state index in [0.717, 1.165) is 0 Å². The van der Waals surface area contributed by atoms with Crippen molar-refractivity contribution >= 4 is 63.1 Å². The molecule has 34 heavy (non-hydrogen) atoms. The van der Waals surface area contributed by atoms with Crippen molar-refractivity contribution in [3.05, 3.63) is 58.1 Å². The van der Waals surface area contributed by atoms with Gasteiger partial charge in [-0.15, -0.1) is 0 Å². The fourth-order valence-corrected chi connectivity index (χ4v) is 4.12. The van der Waals surface area contributed by atoms with E-state index in [1.165, 1.54) is 30.1 Å². The van der Waals surface area contributed by atoms with Gasteiger partial charge < -0.3 is 19.7 Å². The largest absolute Gasteiger partial charge is 0.493 e. The predicted molar refractivity (Wildman–Crippen MR) is 131 cm³/mol. The summed E-state index contributed by atoms with van der Waals surface area (Å²) in [7, 11) is 1.54. The van der Waals surface area contributed by atoms with Gasteiger partial charge >= 0.3 is 0 Å². The van der Waals surface area contributed by atoms with E-state index >= 15 is 0 Å². The standard InChI is InChI=1S/C23H20Cl3FN4O3/c1-33-18-11-17-14(10-19(18)34-13-5-8-31(9-6-13)20(32)4-7-24)23(29-12-28-17)30-16-3-2-15(25)21(26)22(16)27/h2-4,7,10-13H,5-6,8-9H2,1H3,(H,28,29,30)/b7-4-. The number of nitrogens with one attached hydrogen (secondary N) is 1. The highest BCUT2D eigenvalue weighted by molar-refractivity contribution is 6.42. The first kappa shape index (κ1) is 24.3. The molecule has 0 saturated carbocycles.